The number of ketones is 2. The van der Waals surface area contributed by atoms with Crippen LogP contribution < -0.4 is 0 Å². The summed E-state index contributed by atoms with van der Waals surface area (Å²) in [5.41, 5.74) is 0. The molecule has 1 fully saturated rings. The van der Waals surface area contributed by atoms with Crippen LogP contribution in [0.2, 0.25) is 0 Å². The van der Waals surface area contributed by atoms with E-state index >= 15 is 0 Å². The molecule has 0 aliphatic heterocycles. The second-order valence-electron chi connectivity index (χ2n) is 4.33. The van der Waals surface area contributed by atoms with Gasteiger partial charge in [0, 0.05) is 32.1 Å². The Morgan fingerprint density at radius 2 is 1.94 bits per heavy atom. The first kappa shape index (κ1) is 14.4. The SMILES string of the molecule is COC(=O)CCCC#CCC1C(=O)CCCC1=O. The van der Waals surface area contributed by atoms with Gasteiger partial charge in [-0.15, -0.1) is 11.8 Å². The third-order valence-electron chi connectivity index (χ3n) is 2.97. The second kappa shape index (κ2) is 7.65. The van der Waals surface area contributed by atoms with Crippen LogP contribution >= 0.6 is 0 Å². The Kier molecular flexibility index (Phi) is 6.13. The van der Waals surface area contributed by atoms with Gasteiger partial charge >= 0.3 is 5.97 Å². The molecule has 1 rings (SSSR count). The summed E-state index contributed by atoms with van der Waals surface area (Å²) < 4.78 is 4.50. The molecule has 4 heteroatoms. The van der Waals surface area contributed by atoms with Gasteiger partial charge in [0.2, 0.25) is 0 Å². The number of ether oxygens (including phenoxy) is 1. The van der Waals surface area contributed by atoms with Crippen LogP contribution in [0, 0.1) is 17.8 Å². The first-order valence-corrected chi connectivity index (χ1v) is 6.23. The first-order chi connectivity index (χ1) is 8.65. The van der Waals surface area contributed by atoms with E-state index in [-0.39, 0.29) is 17.5 Å². The molecular formula is C14H18O4. The standard InChI is InChI=1S/C14H18O4/c1-18-14(17)10-5-3-2-4-7-11-12(15)8-6-9-13(11)16/h11H,3,5-10H2,1H3. The summed E-state index contributed by atoms with van der Waals surface area (Å²) in [7, 11) is 1.36. The first-order valence-electron chi connectivity index (χ1n) is 6.23. The molecule has 0 spiro atoms. The van der Waals surface area contributed by atoms with E-state index in [2.05, 4.69) is 16.6 Å². The Labute approximate surface area is 107 Å². The normalized spacial score (nSPS) is 16.1. The number of rotatable bonds is 4. The minimum atomic E-state index is -0.508. The van der Waals surface area contributed by atoms with Crippen molar-refractivity contribution >= 4 is 17.5 Å². The maximum atomic E-state index is 11.5. The number of carbonyl (C=O) groups is 3. The maximum absolute atomic E-state index is 11.5. The Morgan fingerprint density at radius 1 is 1.28 bits per heavy atom. The number of hydrogen-bond acceptors (Lipinski definition) is 4. The lowest BCUT2D eigenvalue weighted by atomic mass is 9.85. The van der Waals surface area contributed by atoms with Crippen LogP contribution in [0.5, 0.6) is 0 Å². The van der Waals surface area contributed by atoms with Crippen LogP contribution in [0.3, 0.4) is 0 Å². The fourth-order valence-electron chi connectivity index (χ4n) is 1.88. The Hall–Kier alpha value is -1.63. The smallest absolute Gasteiger partial charge is 0.305 e. The van der Waals surface area contributed by atoms with Crippen molar-refractivity contribution in [3.63, 3.8) is 0 Å². The molecule has 0 saturated heterocycles. The lowest BCUT2D eigenvalue weighted by Gasteiger charge is -2.16. The van der Waals surface area contributed by atoms with Gasteiger partial charge in [0.25, 0.3) is 0 Å². The molecule has 0 bridgehead atoms. The molecule has 98 valence electrons. The molecule has 1 aliphatic rings. The highest BCUT2D eigenvalue weighted by Crippen LogP contribution is 2.19. The molecule has 0 aromatic carbocycles. The Morgan fingerprint density at radius 3 is 2.56 bits per heavy atom. The van der Waals surface area contributed by atoms with E-state index in [0.29, 0.717) is 44.9 Å². The van der Waals surface area contributed by atoms with Crippen LogP contribution in [0.4, 0.5) is 0 Å². The average Bonchev–Trinajstić information content (AvgIpc) is 2.36. The van der Waals surface area contributed by atoms with Crippen LogP contribution in [-0.4, -0.2) is 24.6 Å². The minimum absolute atomic E-state index is 0.0233. The van der Waals surface area contributed by atoms with Crippen molar-refractivity contribution in [3.05, 3.63) is 0 Å². The lowest BCUT2D eigenvalue weighted by Crippen LogP contribution is -2.28. The Bertz CT molecular complexity index is 370. The van der Waals surface area contributed by atoms with Gasteiger partial charge in [0.15, 0.2) is 0 Å². The van der Waals surface area contributed by atoms with Crippen molar-refractivity contribution < 1.29 is 19.1 Å². The summed E-state index contributed by atoms with van der Waals surface area (Å²) >= 11 is 0. The molecule has 0 unspecified atom stereocenters. The van der Waals surface area contributed by atoms with Crippen molar-refractivity contribution in [2.45, 2.75) is 44.9 Å². The molecule has 0 aromatic rings. The van der Waals surface area contributed by atoms with Gasteiger partial charge < -0.3 is 4.74 Å². The van der Waals surface area contributed by atoms with E-state index in [1.54, 1.807) is 0 Å². The average molecular weight is 250 g/mol. The van der Waals surface area contributed by atoms with E-state index < -0.39 is 5.92 Å². The Balaban J connectivity index is 2.25. The lowest BCUT2D eigenvalue weighted by molar-refractivity contribution is -0.140. The molecule has 1 saturated carbocycles. The zero-order chi connectivity index (χ0) is 13.4. The van der Waals surface area contributed by atoms with E-state index in [0.717, 1.165) is 0 Å². The second-order valence-corrected chi connectivity index (χ2v) is 4.33. The number of Topliss-reactive ketones (excluding diaryl/α,β-unsaturated/α-hetero) is 2. The van der Waals surface area contributed by atoms with Gasteiger partial charge in [-0.2, -0.15) is 0 Å². The highest BCUT2D eigenvalue weighted by atomic mass is 16.5. The molecule has 0 amide bonds. The third kappa shape index (κ3) is 4.70. The molecule has 0 radical (unpaired) electrons. The van der Waals surface area contributed by atoms with Gasteiger partial charge in [-0.25, -0.2) is 0 Å². The minimum Gasteiger partial charge on any atom is -0.469 e. The zero-order valence-corrected chi connectivity index (χ0v) is 10.7. The molecule has 0 N–H and O–H groups in total. The quantitative estimate of drug-likeness (QED) is 0.329. The third-order valence-corrected chi connectivity index (χ3v) is 2.97. The highest BCUT2D eigenvalue weighted by Gasteiger charge is 2.28. The molecule has 0 aromatic heterocycles. The number of methoxy groups -OCH3 is 1. The number of hydrogen-bond donors (Lipinski definition) is 0. The van der Waals surface area contributed by atoms with Crippen LogP contribution in [0.15, 0.2) is 0 Å². The number of unbranched alkanes of at least 4 members (excludes halogenated alkanes) is 1. The largest absolute Gasteiger partial charge is 0.469 e. The summed E-state index contributed by atoms with van der Waals surface area (Å²) in [5, 5.41) is 0. The van der Waals surface area contributed by atoms with Crippen LogP contribution in [-0.2, 0) is 19.1 Å². The summed E-state index contributed by atoms with van der Waals surface area (Å²) in [4.78, 5) is 33.8. The molecule has 18 heavy (non-hydrogen) atoms. The van der Waals surface area contributed by atoms with Gasteiger partial charge in [-0.3, -0.25) is 14.4 Å². The summed E-state index contributed by atoms with van der Waals surface area (Å²) in [6, 6.07) is 0. The van der Waals surface area contributed by atoms with Crippen molar-refractivity contribution in [2.75, 3.05) is 7.11 Å². The van der Waals surface area contributed by atoms with E-state index in [1.807, 2.05) is 0 Å². The van der Waals surface area contributed by atoms with Gasteiger partial charge in [0.05, 0.1) is 13.0 Å². The van der Waals surface area contributed by atoms with Crippen LogP contribution in [0.25, 0.3) is 0 Å². The molecular weight excluding hydrogens is 232 g/mol. The summed E-state index contributed by atoms with van der Waals surface area (Å²) in [6.45, 7) is 0. The summed E-state index contributed by atoms with van der Waals surface area (Å²) in [5.74, 6) is 5.05. The molecule has 4 nitrogen and oxygen atoms in total. The summed E-state index contributed by atoms with van der Waals surface area (Å²) in [6.07, 6.45) is 3.60. The highest BCUT2D eigenvalue weighted by molar-refractivity contribution is 6.04. The molecule has 1 aliphatic carbocycles. The van der Waals surface area contributed by atoms with Crippen molar-refractivity contribution in [3.8, 4) is 11.8 Å². The van der Waals surface area contributed by atoms with Gasteiger partial charge in [-0.05, 0) is 12.8 Å². The van der Waals surface area contributed by atoms with E-state index in [4.69, 9.17) is 0 Å². The fourth-order valence-corrected chi connectivity index (χ4v) is 1.88. The van der Waals surface area contributed by atoms with E-state index in [9.17, 15) is 14.4 Å². The maximum Gasteiger partial charge on any atom is 0.305 e. The molecule has 0 atom stereocenters. The predicted molar refractivity (Wildman–Crippen MR) is 65.6 cm³/mol. The van der Waals surface area contributed by atoms with Crippen molar-refractivity contribution in [2.24, 2.45) is 5.92 Å². The van der Waals surface area contributed by atoms with E-state index in [1.165, 1.54) is 7.11 Å². The topological polar surface area (TPSA) is 60.4 Å². The monoisotopic (exact) mass is 250 g/mol. The van der Waals surface area contributed by atoms with Gasteiger partial charge in [0.1, 0.15) is 11.6 Å². The predicted octanol–water partition coefficient (Wildman–Crippen LogP) is 1.66. The fraction of sp³-hybridized carbons (Fsp3) is 0.643. The number of carbonyl (C=O) groups excluding carboxylic acids is 3. The van der Waals surface area contributed by atoms with Crippen molar-refractivity contribution in [1.82, 2.24) is 0 Å². The van der Waals surface area contributed by atoms with Crippen molar-refractivity contribution in [1.29, 1.82) is 0 Å². The van der Waals surface area contributed by atoms with Gasteiger partial charge in [-0.1, -0.05) is 0 Å². The molecule has 0 heterocycles. The zero-order valence-electron chi connectivity index (χ0n) is 10.7. The van der Waals surface area contributed by atoms with Crippen LogP contribution in [0.1, 0.15) is 44.9 Å². The number of esters is 1.